The number of nitrogens with zero attached hydrogens (tertiary/aromatic N) is 4. The van der Waals surface area contributed by atoms with Gasteiger partial charge in [-0.05, 0) is 12.3 Å². The monoisotopic (exact) mass is 437 g/mol. The molecule has 0 bridgehead atoms. The number of methoxy groups -OCH3 is 1. The third-order valence-corrected chi connectivity index (χ3v) is 4.56. The number of ether oxygens (including phenoxy) is 1. The van der Waals surface area contributed by atoms with Crippen LogP contribution in [0.2, 0.25) is 0 Å². The lowest BCUT2D eigenvalue weighted by molar-refractivity contribution is -0.153. The third kappa shape index (κ3) is 5.48. The van der Waals surface area contributed by atoms with Gasteiger partial charge >= 0.3 is 6.18 Å². The van der Waals surface area contributed by atoms with Crippen LogP contribution in [0.3, 0.4) is 0 Å². The number of alkyl halides is 3. The zero-order valence-corrected chi connectivity index (χ0v) is 17.2. The molecule has 0 radical (unpaired) electrons. The van der Waals surface area contributed by atoms with Crippen LogP contribution in [0.25, 0.3) is 5.57 Å². The lowest BCUT2D eigenvalue weighted by Crippen LogP contribution is -2.23. The molecular weight excluding hydrogens is 415 g/mol. The molecule has 1 unspecified atom stereocenters. The summed E-state index contributed by atoms with van der Waals surface area (Å²) in [6.07, 6.45) is 3.48. The van der Waals surface area contributed by atoms with Gasteiger partial charge in [-0.2, -0.15) is 13.2 Å². The maximum Gasteiger partial charge on any atom is 0.452 e. The SMILES string of the molecule is COCCN(C)c1cnc(NC(=O)c2nc(C3=CC=CC(C)C3)oc2C(F)(F)F)cn1. The molecule has 1 N–H and O–H groups in total. The van der Waals surface area contributed by atoms with Crippen LogP contribution >= 0.6 is 0 Å². The number of likely N-dealkylation sites (N-methyl/N-ethyl adjacent to an activating group) is 1. The van der Waals surface area contributed by atoms with Crippen molar-refractivity contribution >= 4 is 23.1 Å². The quantitative estimate of drug-likeness (QED) is 0.704. The Morgan fingerprint density at radius 3 is 2.74 bits per heavy atom. The first-order valence-electron chi connectivity index (χ1n) is 9.48. The van der Waals surface area contributed by atoms with Crippen LogP contribution in [0.15, 0.2) is 35.0 Å². The van der Waals surface area contributed by atoms with E-state index in [0.717, 1.165) is 0 Å². The Bertz CT molecular complexity index is 983. The van der Waals surface area contributed by atoms with Crippen molar-refractivity contribution in [3.63, 3.8) is 0 Å². The first kappa shape index (κ1) is 22.5. The third-order valence-electron chi connectivity index (χ3n) is 4.56. The van der Waals surface area contributed by atoms with Crippen LogP contribution < -0.4 is 10.2 Å². The van der Waals surface area contributed by atoms with Crippen molar-refractivity contribution in [1.29, 1.82) is 0 Å². The molecule has 3 rings (SSSR count). The summed E-state index contributed by atoms with van der Waals surface area (Å²) >= 11 is 0. The van der Waals surface area contributed by atoms with Crippen LogP contribution in [0.1, 0.15) is 35.5 Å². The second-order valence-electron chi connectivity index (χ2n) is 7.08. The maximum atomic E-state index is 13.5. The average molecular weight is 437 g/mol. The minimum Gasteiger partial charge on any atom is -0.431 e. The van der Waals surface area contributed by atoms with E-state index in [-0.39, 0.29) is 17.6 Å². The lowest BCUT2D eigenvalue weighted by Gasteiger charge is -2.17. The maximum absolute atomic E-state index is 13.5. The molecule has 1 aliphatic carbocycles. The van der Waals surface area contributed by atoms with E-state index in [2.05, 4.69) is 20.3 Å². The van der Waals surface area contributed by atoms with Gasteiger partial charge < -0.3 is 19.4 Å². The van der Waals surface area contributed by atoms with Gasteiger partial charge in [0.1, 0.15) is 5.82 Å². The fraction of sp³-hybridized carbons (Fsp3) is 0.400. The second kappa shape index (κ2) is 9.29. The number of rotatable bonds is 7. The van der Waals surface area contributed by atoms with Gasteiger partial charge in [-0.3, -0.25) is 4.79 Å². The zero-order valence-electron chi connectivity index (χ0n) is 17.2. The predicted octanol–water partition coefficient (Wildman–Crippen LogP) is 3.80. The number of anilines is 2. The smallest absolute Gasteiger partial charge is 0.431 e. The molecule has 11 heteroatoms. The van der Waals surface area contributed by atoms with E-state index in [1.54, 1.807) is 31.2 Å². The summed E-state index contributed by atoms with van der Waals surface area (Å²) in [5, 5.41) is 2.29. The minimum absolute atomic E-state index is 0.0139. The first-order chi connectivity index (χ1) is 14.7. The van der Waals surface area contributed by atoms with Gasteiger partial charge in [0.05, 0.1) is 19.0 Å². The number of hydrogen-bond acceptors (Lipinski definition) is 7. The molecule has 0 saturated heterocycles. The summed E-state index contributed by atoms with van der Waals surface area (Å²) in [5.74, 6) is -2.14. The molecule has 0 fully saturated rings. The molecule has 166 valence electrons. The molecule has 0 saturated carbocycles. The van der Waals surface area contributed by atoms with E-state index in [1.807, 2.05) is 13.0 Å². The Morgan fingerprint density at radius 1 is 1.35 bits per heavy atom. The van der Waals surface area contributed by atoms with Crippen LogP contribution in [-0.2, 0) is 10.9 Å². The number of halogens is 3. The van der Waals surface area contributed by atoms with E-state index >= 15 is 0 Å². The molecule has 0 aliphatic heterocycles. The van der Waals surface area contributed by atoms with E-state index in [0.29, 0.717) is 31.0 Å². The Balaban J connectivity index is 1.81. The zero-order chi connectivity index (χ0) is 22.6. The Morgan fingerprint density at radius 2 is 2.13 bits per heavy atom. The summed E-state index contributed by atoms with van der Waals surface area (Å²) in [6, 6.07) is 0. The van der Waals surface area contributed by atoms with E-state index in [9.17, 15) is 18.0 Å². The molecule has 1 aliphatic rings. The number of oxazole rings is 1. The van der Waals surface area contributed by atoms with Gasteiger partial charge in [0.25, 0.3) is 5.91 Å². The largest absolute Gasteiger partial charge is 0.452 e. The Labute approximate surface area is 176 Å². The van der Waals surface area contributed by atoms with E-state index < -0.39 is 23.5 Å². The highest BCUT2D eigenvalue weighted by Gasteiger charge is 2.42. The fourth-order valence-corrected chi connectivity index (χ4v) is 2.91. The summed E-state index contributed by atoms with van der Waals surface area (Å²) in [6.45, 7) is 2.97. The molecule has 31 heavy (non-hydrogen) atoms. The van der Waals surface area contributed by atoms with Crippen LogP contribution in [0.5, 0.6) is 0 Å². The normalized spacial score (nSPS) is 16.2. The number of amides is 1. The molecule has 2 aromatic rings. The second-order valence-corrected chi connectivity index (χ2v) is 7.08. The molecule has 1 amide bonds. The number of aromatic nitrogens is 3. The van der Waals surface area contributed by atoms with Gasteiger partial charge in [0.2, 0.25) is 11.7 Å². The molecule has 2 aromatic heterocycles. The molecule has 1 atom stereocenters. The molecule has 8 nitrogen and oxygen atoms in total. The van der Waals surface area contributed by atoms with Crippen LogP contribution in [-0.4, -0.2) is 48.2 Å². The fourth-order valence-electron chi connectivity index (χ4n) is 2.91. The van der Waals surface area contributed by atoms with Crippen molar-refractivity contribution in [1.82, 2.24) is 15.0 Å². The molecule has 0 spiro atoms. The minimum atomic E-state index is -4.88. The predicted molar refractivity (Wildman–Crippen MR) is 108 cm³/mol. The van der Waals surface area contributed by atoms with Crippen molar-refractivity contribution in [3.8, 4) is 0 Å². The summed E-state index contributed by atoms with van der Waals surface area (Å²) in [5.41, 5.74) is -0.364. The first-order valence-corrected chi connectivity index (χ1v) is 9.48. The van der Waals surface area contributed by atoms with Gasteiger partial charge in [0, 0.05) is 26.3 Å². The van der Waals surface area contributed by atoms with Crippen molar-refractivity contribution in [3.05, 3.63) is 48.0 Å². The standard InChI is InChI=1S/C20H22F3N5O3/c1-12-5-4-6-13(9-12)19-27-16(17(31-19)20(21,22)23)18(29)26-14-10-25-15(11-24-14)28(2)7-8-30-3/h4-6,10-12H,7-9H2,1-3H3,(H,24,26,29). The average Bonchev–Trinajstić information content (AvgIpc) is 3.19. The van der Waals surface area contributed by atoms with E-state index in [1.165, 1.54) is 12.4 Å². The Hall–Kier alpha value is -3.21. The number of carbonyl (C=O) groups excluding carboxylic acids is 1. The van der Waals surface area contributed by atoms with Gasteiger partial charge in [-0.1, -0.05) is 25.2 Å². The number of allylic oxidation sites excluding steroid dienone is 4. The number of carbonyl (C=O) groups is 1. The van der Waals surface area contributed by atoms with Crippen molar-refractivity contribution in [2.45, 2.75) is 19.5 Å². The number of nitrogens with one attached hydrogen (secondary N) is 1. The van der Waals surface area contributed by atoms with Gasteiger partial charge in [-0.25, -0.2) is 15.0 Å². The van der Waals surface area contributed by atoms with Crippen molar-refractivity contribution < 1.29 is 27.1 Å². The molecular formula is C20H22F3N5O3. The van der Waals surface area contributed by atoms with Crippen LogP contribution in [0.4, 0.5) is 24.8 Å². The highest BCUT2D eigenvalue weighted by Crippen LogP contribution is 2.36. The number of hydrogen-bond donors (Lipinski definition) is 1. The Kier molecular flexibility index (Phi) is 6.74. The van der Waals surface area contributed by atoms with Crippen LogP contribution in [0, 0.1) is 5.92 Å². The van der Waals surface area contributed by atoms with Crippen molar-refractivity contribution in [2.75, 3.05) is 37.5 Å². The highest BCUT2D eigenvalue weighted by atomic mass is 19.4. The topological polar surface area (TPSA) is 93.4 Å². The summed E-state index contributed by atoms with van der Waals surface area (Å²) < 4.78 is 50.3. The van der Waals surface area contributed by atoms with Crippen molar-refractivity contribution in [2.24, 2.45) is 5.92 Å². The summed E-state index contributed by atoms with van der Waals surface area (Å²) in [7, 11) is 3.36. The molecule has 0 aromatic carbocycles. The van der Waals surface area contributed by atoms with E-state index in [4.69, 9.17) is 9.15 Å². The molecule has 2 heterocycles. The van der Waals surface area contributed by atoms with Gasteiger partial charge in [-0.15, -0.1) is 0 Å². The highest BCUT2D eigenvalue weighted by molar-refractivity contribution is 6.03. The summed E-state index contributed by atoms with van der Waals surface area (Å²) in [4.78, 5) is 26.3. The van der Waals surface area contributed by atoms with Gasteiger partial charge in [0.15, 0.2) is 11.5 Å². The lowest BCUT2D eigenvalue weighted by atomic mass is 9.96.